The van der Waals surface area contributed by atoms with Gasteiger partial charge >= 0.3 is 0 Å². The summed E-state index contributed by atoms with van der Waals surface area (Å²) >= 11 is 1.59. The summed E-state index contributed by atoms with van der Waals surface area (Å²) in [5.41, 5.74) is 1.19. The second kappa shape index (κ2) is 5.13. The summed E-state index contributed by atoms with van der Waals surface area (Å²) in [6.45, 7) is 4.01. The molecule has 0 atom stereocenters. The maximum atomic E-state index is 12.1. The first-order chi connectivity index (χ1) is 11.4. The second-order valence-electron chi connectivity index (χ2n) is 6.16. The van der Waals surface area contributed by atoms with Gasteiger partial charge in [-0.15, -0.1) is 11.3 Å². The number of anilines is 2. The number of aryl methyl sites for hydroxylation is 1. The standard InChI is InChI=1S/C16H16N6OS/c1-16(2)13-9(14(23)21-16)8-11(24-13)10-4-6-17-15(19-10)20-12-5-7-18-22(12)3/h4-8H,1-3H3,(H,21,23)(H,17,19,20). The molecule has 3 aromatic rings. The van der Waals surface area contributed by atoms with Crippen molar-refractivity contribution < 1.29 is 4.79 Å². The van der Waals surface area contributed by atoms with Crippen LogP contribution in [0.25, 0.3) is 10.6 Å². The number of hydrogen-bond acceptors (Lipinski definition) is 6. The van der Waals surface area contributed by atoms with Crippen molar-refractivity contribution in [3.05, 3.63) is 41.0 Å². The predicted molar refractivity (Wildman–Crippen MR) is 92.3 cm³/mol. The molecule has 1 aliphatic heterocycles. The lowest BCUT2D eigenvalue weighted by Gasteiger charge is -2.17. The first-order valence-electron chi connectivity index (χ1n) is 7.49. The highest BCUT2D eigenvalue weighted by atomic mass is 32.1. The van der Waals surface area contributed by atoms with Gasteiger partial charge in [-0.2, -0.15) is 5.10 Å². The molecule has 0 radical (unpaired) electrons. The van der Waals surface area contributed by atoms with Crippen molar-refractivity contribution in [2.45, 2.75) is 19.4 Å². The van der Waals surface area contributed by atoms with Gasteiger partial charge in [0.15, 0.2) is 0 Å². The summed E-state index contributed by atoms with van der Waals surface area (Å²) in [7, 11) is 1.84. The Balaban J connectivity index is 1.69. The van der Waals surface area contributed by atoms with Crippen molar-refractivity contribution in [2.75, 3.05) is 5.32 Å². The Morgan fingerprint density at radius 2 is 2.12 bits per heavy atom. The third-order valence-electron chi connectivity index (χ3n) is 3.94. The molecule has 0 aliphatic carbocycles. The summed E-state index contributed by atoms with van der Waals surface area (Å²) in [6, 6.07) is 5.60. The molecular weight excluding hydrogens is 324 g/mol. The average molecular weight is 340 g/mol. The van der Waals surface area contributed by atoms with Crippen molar-refractivity contribution in [1.29, 1.82) is 0 Å². The Hall–Kier alpha value is -2.74. The fourth-order valence-electron chi connectivity index (χ4n) is 2.73. The van der Waals surface area contributed by atoms with Crippen LogP contribution in [-0.4, -0.2) is 25.7 Å². The molecule has 4 rings (SSSR count). The van der Waals surface area contributed by atoms with Crippen LogP contribution >= 0.6 is 11.3 Å². The van der Waals surface area contributed by atoms with Gasteiger partial charge in [0.1, 0.15) is 5.82 Å². The van der Waals surface area contributed by atoms with Crippen LogP contribution in [0.15, 0.2) is 30.6 Å². The summed E-state index contributed by atoms with van der Waals surface area (Å²) in [5.74, 6) is 1.27. The number of rotatable bonds is 3. The number of fused-ring (bicyclic) bond motifs is 1. The highest BCUT2D eigenvalue weighted by molar-refractivity contribution is 7.16. The summed E-state index contributed by atoms with van der Waals surface area (Å²) in [4.78, 5) is 22.9. The zero-order chi connectivity index (χ0) is 16.9. The molecule has 0 spiro atoms. The second-order valence-corrected chi connectivity index (χ2v) is 7.22. The van der Waals surface area contributed by atoms with E-state index in [4.69, 9.17) is 0 Å². The monoisotopic (exact) mass is 340 g/mol. The van der Waals surface area contributed by atoms with Gasteiger partial charge < -0.3 is 10.6 Å². The van der Waals surface area contributed by atoms with Gasteiger partial charge in [0.25, 0.3) is 5.91 Å². The smallest absolute Gasteiger partial charge is 0.253 e. The molecule has 3 aromatic heterocycles. The molecule has 4 heterocycles. The van der Waals surface area contributed by atoms with E-state index in [0.29, 0.717) is 5.95 Å². The largest absolute Gasteiger partial charge is 0.342 e. The quantitative estimate of drug-likeness (QED) is 0.766. The number of thiophene rings is 1. The van der Waals surface area contributed by atoms with E-state index < -0.39 is 0 Å². The highest BCUT2D eigenvalue weighted by Gasteiger charge is 2.37. The maximum absolute atomic E-state index is 12.1. The summed E-state index contributed by atoms with van der Waals surface area (Å²) < 4.78 is 1.71. The molecule has 24 heavy (non-hydrogen) atoms. The number of nitrogens with zero attached hydrogens (tertiary/aromatic N) is 4. The van der Waals surface area contributed by atoms with Gasteiger partial charge in [-0.05, 0) is 26.0 Å². The Morgan fingerprint density at radius 1 is 1.29 bits per heavy atom. The Kier molecular flexibility index (Phi) is 3.17. The fourth-order valence-corrected chi connectivity index (χ4v) is 3.91. The van der Waals surface area contributed by atoms with Gasteiger partial charge in [-0.3, -0.25) is 9.48 Å². The molecule has 0 aromatic carbocycles. The predicted octanol–water partition coefficient (Wildman–Crippen LogP) is 2.66. The Labute approximate surface area is 142 Å². The van der Waals surface area contributed by atoms with Crippen molar-refractivity contribution in [2.24, 2.45) is 7.05 Å². The highest BCUT2D eigenvalue weighted by Crippen LogP contribution is 2.40. The van der Waals surface area contributed by atoms with Crippen LogP contribution in [0.1, 0.15) is 29.1 Å². The lowest BCUT2D eigenvalue weighted by Crippen LogP contribution is -2.32. The number of aromatic nitrogens is 4. The topological polar surface area (TPSA) is 84.7 Å². The van der Waals surface area contributed by atoms with E-state index >= 15 is 0 Å². The van der Waals surface area contributed by atoms with E-state index in [1.807, 2.05) is 39.1 Å². The molecular formula is C16H16N6OS. The zero-order valence-corrected chi connectivity index (χ0v) is 14.3. The van der Waals surface area contributed by atoms with Crippen LogP contribution in [-0.2, 0) is 12.6 Å². The van der Waals surface area contributed by atoms with E-state index in [2.05, 4.69) is 25.7 Å². The van der Waals surface area contributed by atoms with Crippen LogP contribution in [0.2, 0.25) is 0 Å². The molecule has 8 heteroatoms. The third-order valence-corrected chi connectivity index (χ3v) is 5.42. The number of nitrogens with one attached hydrogen (secondary N) is 2. The molecule has 1 aliphatic rings. The molecule has 0 bridgehead atoms. The molecule has 0 unspecified atom stereocenters. The van der Waals surface area contributed by atoms with Gasteiger partial charge in [0.05, 0.1) is 27.9 Å². The van der Waals surface area contributed by atoms with E-state index in [-0.39, 0.29) is 11.4 Å². The van der Waals surface area contributed by atoms with E-state index in [0.717, 1.165) is 26.8 Å². The van der Waals surface area contributed by atoms with Crippen molar-refractivity contribution in [1.82, 2.24) is 25.1 Å². The summed E-state index contributed by atoms with van der Waals surface area (Å²) in [6.07, 6.45) is 3.41. The first-order valence-corrected chi connectivity index (χ1v) is 8.31. The van der Waals surface area contributed by atoms with Crippen LogP contribution in [0.3, 0.4) is 0 Å². The van der Waals surface area contributed by atoms with E-state index in [1.165, 1.54) is 0 Å². The molecule has 122 valence electrons. The van der Waals surface area contributed by atoms with Gasteiger partial charge in [-0.25, -0.2) is 9.97 Å². The minimum absolute atomic E-state index is 0.0280. The van der Waals surface area contributed by atoms with Gasteiger partial charge in [0.2, 0.25) is 5.95 Å². The van der Waals surface area contributed by atoms with Gasteiger partial charge in [-0.1, -0.05) is 0 Å². The first kappa shape index (κ1) is 14.8. The molecule has 1 amide bonds. The van der Waals surface area contributed by atoms with Crippen molar-refractivity contribution in [3.8, 4) is 10.6 Å². The Morgan fingerprint density at radius 3 is 2.83 bits per heavy atom. The SMILES string of the molecule is Cn1nccc1Nc1nccc(-c2cc3c(s2)C(C)(C)NC3=O)n1. The fraction of sp³-hybridized carbons (Fsp3) is 0.250. The van der Waals surface area contributed by atoms with Crippen molar-refractivity contribution in [3.63, 3.8) is 0 Å². The molecule has 2 N–H and O–H groups in total. The minimum atomic E-state index is -0.335. The van der Waals surface area contributed by atoms with E-state index in [9.17, 15) is 4.79 Å². The number of hydrogen-bond donors (Lipinski definition) is 2. The number of carbonyl (C=O) groups is 1. The third kappa shape index (κ3) is 2.35. The minimum Gasteiger partial charge on any atom is -0.342 e. The molecule has 0 saturated carbocycles. The van der Waals surface area contributed by atoms with Crippen LogP contribution in [0.5, 0.6) is 0 Å². The Bertz CT molecular complexity index is 942. The molecule has 0 saturated heterocycles. The lowest BCUT2D eigenvalue weighted by molar-refractivity contribution is 0.0940. The van der Waals surface area contributed by atoms with Crippen LogP contribution < -0.4 is 10.6 Å². The maximum Gasteiger partial charge on any atom is 0.253 e. The van der Waals surface area contributed by atoms with Crippen molar-refractivity contribution >= 4 is 29.0 Å². The van der Waals surface area contributed by atoms with Crippen LogP contribution in [0.4, 0.5) is 11.8 Å². The molecule has 7 nitrogen and oxygen atoms in total. The lowest BCUT2D eigenvalue weighted by atomic mass is 10.1. The number of carbonyl (C=O) groups excluding carboxylic acids is 1. The molecule has 0 fully saturated rings. The number of amides is 1. The van der Waals surface area contributed by atoms with E-state index in [1.54, 1.807) is 28.4 Å². The zero-order valence-electron chi connectivity index (χ0n) is 13.5. The normalized spacial score (nSPS) is 15.2. The average Bonchev–Trinajstić information content (AvgIpc) is 3.19. The van der Waals surface area contributed by atoms with Crippen LogP contribution in [0, 0.1) is 0 Å². The van der Waals surface area contributed by atoms with Gasteiger partial charge in [0, 0.05) is 24.2 Å². The summed E-state index contributed by atoms with van der Waals surface area (Å²) in [5, 5.41) is 10.2.